The zero-order valence-electron chi connectivity index (χ0n) is 10.1. The minimum Gasteiger partial charge on any atom is -0.469 e. The van der Waals surface area contributed by atoms with Crippen LogP contribution in [0.1, 0.15) is 36.6 Å². The van der Waals surface area contributed by atoms with Crippen LogP contribution in [-0.2, 0) is 16.0 Å². The molecule has 18 heavy (non-hydrogen) atoms. The van der Waals surface area contributed by atoms with Gasteiger partial charge in [0.25, 0.3) is 0 Å². The van der Waals surface area contributed by atoms with E-state index in [4.69, 9.17) is 4.42 Å². The Kier molecular flexibility index (Phi) is 2.81. The average Bonchev–Trinajstić information content (AvgIpc) is 2.97. The van der Waals surface area contributed by atoms with Gasteiger partial charge in [-0.1, -0.05) is 0 Å². The van der Waals surface area contributed by atoms with Gasteiger partial charge in [-0.3, -0.25) is 9.59 Å². The Morgan fingerprint density at radius 1 is 1.50 bits per heavy atom. The molecule has 2 aliphatic rings. The van der Waals surface area contributed by atoms with Crippen LogP contribution >= 0.6 is 0 Å². The van der Waals surface area contributed by atoms with Gasteiger partial charge in [-0.05, 0) is 18.9 Å². The van der Waals surface area contributed by atoms with Crippen LogP contribution in [0.15, 0.2) is 16.7 Å². The maximum atomic E-state index is 12.1. The number of carbonyl (C=O) groups is 2. The summed E-state index contributed by atoms with van der Waals surface area (Å²) in [5.74, 6) is 0.678. The van der Waals surface area contributed by atoms with Crippen LogP contribution in [0.3, 0.4) is 0 Å². The summed E-state index contributed by atoms with van der Waals surface area (Å²) in [4.78, 5) is 23.2. The molecule has 2 atom stereocenters. The van der Waals surface area contributed by atoms with E-state index in [1.54, 1.807) is 6.26 Å². The first-order valence-corrected chi connectivity index (χ1v) is 6.37. The topological polar surface area (TPSA) is 71.3 Å². The molecule has 3 rings (SSSR count). The van der Waals surface area contributed by atoms with E-state index in [9.17, 15) is 9.59 Å². The third kappa shape index (κ3) is 2.00. The van der Waals surface area contributed by atoms with Crippen molar-refractivity contribution in [2.24, 2.45) is 5.92 Å². The molecule has 0 radical (unpaired) electrons. The van der Waals surface area contributed by atoms with Crippen molar-refractivity contribution in [2.75, 3.05) is 6.54 Å². The van der Waals surface area contributed by atoms with E-state index in [0.717, 1.165) is 30.6 Å². The van der Waals surface area contributed by atoms with Crippen LogP contribution in [0.4, 0.5) is 0 Å². The Morgan fingerprint density at radius 3 is 3.17 bits per heavy atom. The number of aryl methyl sites for hydroxylation is 1. The fourth-order valence-electron chi connectivity index (χ4n) is 2.72. The average molecular weight is 248 g/mol. The first kappa shape index (κ1) is 11.3. The van der Waals surface area contributed by atoms with E-state index in [0.29, 0.717) is 13.0 Å². The Bertz CT molecular complexity index is 480. The molecule has 1 aliphatic carbocycles. The lowest BCUT2D eigenvalue weighted by molar-refractivity contribution is -0.127. The quantitative estimate of drug-likeness (QED) is 0.817. The van der Waals surface area contributed by atoms with Crippen molar-refractivity contribution in [2.45, 2.75) is 31.7 Å². The Labute approximate surface area is 105 Å². The van der Waals surface area contributed by atoms with Gasteiger partial charge in [0.1, 0.15) is 5.76 Å². The normalized spacial score (nSPS) is 26.6. The highest BCUT2D eigenvalue weighted by atomic mass is 16.3. The van der Waals surface area contributed by atoms with Gasteiger partial charge in [0, 0.05) is 24.9 Å². The maximum Gasteiger partial charge on any atom is 0.225 e. The van der Waals surface area contributed by atoms with Crippen molar-refractivity contribution in [3.05, 3.63) is 23.7 Å². The molecule has 5 nitrogen and oxygen atoms in total. The van der Waals surface area contributed by atoms with E-state index in [1.807, 2.05) is 6.07 Å². The molecule has 1 aliphatic heterocycles. The Balaban J connectivity index is 1.67. The molecule has 2 amide bonds. The van der Waals surface area contributed by atoms with Gasteiger partial charge >= 0.3 is 0 Å². The highest BCUT2D eigenvalue weighted by Crippen LogP contribution is 2.30. The van der Waals surface area contributed by atoms with E-state index in [2.05, 4.69) is 10.6 Å². The van der Waals surface area contributed by atoms with E-state index >= 15 is 0 Å². The molecule has 0 spiro atoms. The molecule has 2 unspecified atom stereocenters. The van der Waals surface area contributed by atoms with Crippen LogP contribution in [0, 0.1) is 5.92 Å². The first-order chi connectivity index (χ1) is 8.74. The second kappa shape index (κ2) is 4.48. The molecule has 96 valence electrons. The van der Waals surface area contributed by atoms with Gasteiger partial charge in [0.2, 0.25) is 11.8 Å². The summed E-state index contributed by atoms with van der Waals surface area (Å²) in [5, 5.41) is 5.72. The van der Waals surface area contributed by atoms with Crippen molar-refractivity contribution >= 4 is 11.8 Å². The number of rotatable bonds is 2. The standard InChI is InChI=1S/C13H16N2O3/c16-12-6-8(7-14-12)13(17)15-10-2-1-3-11-9(10)4-5-18-11/h4-5,8,10H,1-3,6-7H2,(H,14,16)(H,15,17). The zero-order chi connectivity index (χ0) is 12.5. The SMILES string of the molecule is O=C1CC(C(=O)NC2CCCc3occc32)CN1. The molecule has 2 heterocycles. The minimum atomic E-state index is -0.227. The van der Waals surface area contributed by atoms with Crippen molar-refractivity contribution in [1.82, 2.24) is 10.6 Å². The molecule has 1 aromatic rings. The smallest absolute Gasteiger partial charge is 0.225 e. The largest absolute Gasteiger partial charge is 0.469 e. The third-order valence-corrected chi connectivity index (χ3v) is 3.72. The molecule has 1 aromatic heterocycles. The summed E-state index contributed by atoms with van der Waals surface area (Å²) in [6, 6.07) is 1.97. The van der Waals surface area contributed by atoms with Crippen molar-refractivity contribution in [3.8, 4) is 0 Å². The van der Waals surface area contributed by atoms with Gasteiger partial charge in [-0.2, -0.15) is 0 Å². The fourth-order valence-corrected chi connectivity index (χ4v) is 2.72. The highest BCUT2D eigenvalue weighted by Gasteiger charge is 2.31. The predicted molar refractivity (Wildman–Crippen MR) is 63.6 cm³/mol. The maximum absolute atomic E-state index is 12.1. The number of hydrogen-bond donors (Lipinski definition) is 2. The monoisotopic (exact) mass is 248 g/mol. The minimum absolute atomic E-state index is 0.0348. The lowest BCUT2D eigenvalue weighted by Gasteiger charge is -2.23. The van der Waals surface area contributed by atoms with Crippen molar-refractivity contribution in [1.29, 1.82) is 0 Å². The second-order valence-corrected chi connectivity index (χ2v) is 4.96. The molecule has 2 N–H and O–H groups in total. The summed E-state index contributed by atoms with van der Waals surface area (Å²) in [7, 11) is 0. The lowest BCUT2D eigenvalue weighted by atomic mass is 9.93. The highest BCUT2D eigenvalue weighted by molar-refractivity contribution is 5.89. The number of nitrogens with one attached hydrogen (secondary N) is 2. The van der Waals surface area contributed by atoms with Gasteiger partial charge in [-0.25, -0.2) is 0 Å². The van der Waals surface area contributed by atoms with Gasteiger partial charge in [0.15, 0.2) is 0 Å². The fraction of sp³-hybridized carbons (Fsp3) is 0.538. The zero-order valence-corrected chi connectivity index (χ0v) is 10.1. The van der Waals surface area contributed by atoms with E-state index in [1.165, 1.54) is 0 Å². The lowest BCUT2D eigenvalue weighted by Crippen LogP contribution is -2.36. The molecule has 0 saturated carbocycles. The van der Waals surface area contributed by atoms with E-state index < -0.39 is 0 Å². The van der Waals surface area contributed by atoms with Crippen LogP contribution in [-0.4, -0.2) is 18.4 Å². The summed E-state index contributed by atoms with van der Waals surface area (Å²) < 4.78 is 5.39. The molecule has 1 saturated heterocycles. The van der Waals surface area contributed by atoms with Crippen LogP contribution < -0.4 is 10.6 Å². The number of furan rings is 1. The molecule has 1 fully saturated rings. The Morgan fingerprint density at radius 2 is 2.39 bits per heavy atom. The number of carbonyl (C=O) groups excluding carboxylic acids is 2. The van der Waals surface area contributed by atoms with Gasteiger partial charge in [0.05, 0.1) is 18.2 Å². The Hall–Kier alpha value is -1.78. The van der Waals surface area contributed by atoms with Crippen molar-refractivity contribution < 1.29 is 14.0 Å². The van der Waals surface area contributed by atoms with Gasteiger partial charge in [-0.15, -0.1) is 0 Å². The second-order valence-electron chi connectivity index (χ2n) is 4.96. The van der Waals surface area contributed by atoms with Crippen molar-refractivity contribution in [3.63, 3.8) is 0 Å². The number of hydrogen-bond acceptors (Lipinski definition) is 3. The summed E-state index contributed by atoms with van der Waals surface area (Å²) in [6.07, 6.45) is 4.88. The summed E-state index contributed by atoms with van der Waals surface area (Å²) in [6.45, 7) is 0.454. The van der Waals surface area contributed by atoms with Crippen LogP contribution in [0.25, 0.3) is 0 Å². The van der Waals surface area contributed by atoms with Crippen LogP contribution in [0.5, 0.6) is 0 Å². The van der Waals surface area contributed by atoms with Crippen LogP contribution in [0.2, 0.25) is 0 Å². The number of fused-ring (bicyclic) bond motifs is 1. The molecular weight excluding hydrogens is 232 g/mol. The molecule has 0 aromatic carbocycles. The summed E-state index contributed by atoms with van der Waals surface area (Å²) >= 11 is 0. The third-order valence-electron chi connectivity index (χ3n) is 3.72. The molecule has 5 heteroatoms. The van der Waals surface area contributed by atoms with Gasteiger partial charge < -0.3 is 15.1 Å². The first-order valence-electron chi connectivity index (χ1n) is 6.37. The number of amides is 2. The summed E-state index contributed by atoms with van der Waals surface area (Å²) in [5.41, 5.74) is 1.09. The molecule has 0 bridgehead atoms. The molecular formula is C13H16N2O3. The van der Waals surface area contributed by atoms with E-state index in [-0.39, 0.29) is 23.8 Å². The predicted octanol–water partition coefficient (Wildman–Crippen LogP) is 0.909.